The van der Waals surface area contributed by atoms with E-state index in [1.165, 1.54) is 0 Å². The lowest BCUT2D eigenvalue weighted by Gasteiger charge is -2.24. The first kappa shape index (κ1) is 16.0. The van der Waals surface area contributed by atoms with Crippen molar-refractivity contribution in [3.05, 3.63) is 33.8 Å². The molecule has 8 heteroatoms. The molecule has 21 heavy (non-hydrogen) atoms. The molecular formula is C13H17BrClN5O. The maximum Gasteiger partial charge on any atom is 0.247 e. The average molecular weight is 375 g/mol. The van der Waals surface area contributed by atoms with E-state index in [1.807, 2.05) is 6.92 Å². The summed E-state index contributed by atoms with van der Waals surface area (Å²) in [6.45, 7) is 6.60. The molecule has 1 amide bonds. The molecule has 0 fully saturated rings. The second-order valence-electron chi connectivity index (χ2n) is 5.12. The van der Waals surface area contributed by atoms with Gasteiger partial charge in [-0.05, 0) is 36.7 Å². The number of carbonyl (C=O) groups is 1. The Hall–Kier alpha value is -1.34. The van der Waals surface area contributed by atoms with Crippen molar-refractivity contribution in [1.29, 1.82) is 0 Å². The second kappa shape index (κ2) is 6.19. The lowest BCUT2D eigenvalue weighted by molar-refractivity contribution is -0.129. The summed E-state index contributed by atoms with van der Waals surface area (Å²) in [6, 6.07) is 0. The topological polar surface area (TPSA) is 64.7 Å². The highest BCUT2D eigenvalue weighted by atomic mass is 79.9. The fraction of sp³-hybridized carbons (Fsp3) is 0.462. The zero-order valence-electron chi connectivity index (χ0n) is 12.1. The van der Waals surface area contributed by atoms with E-state index in [2.05, 4.69) is 31.4 Å². The molecule has 2 heterocycles. The van der Waals surface area contributed by atoms with E-state index in [1.54, 1.807) is 41.8 Å². The van der Waals surface area contributed by atoms with Crippen LogP contribution in [-0.4, -0.2) is 25.5 Å². The third-order valence-corrected chi connectivity index (χ3v) is 3.93. The van der Waals surface area contributed by atoms with Crippen LogP contribution in [0.4, 0.5) is 0 Å². The maximum absolute atomic E-state index is 12.4. The standard InChI is InChI=1S/C13H17BrClN5O/c1-4-19-8-10(15)11(18-19)6-16-12(21)13(2,3)20-7-9(14)5-17-20/h5,7-8H,4,6H2,1-3H3,(H,16,21). The Labute approximate surface area is 136 Å². The molecule has 1 N–H and O–H groups in total. The Balaban J connectivity index is 2.05. The molecule has 6 nitrogen and oxygen atoms in total. The summed E-state index contributed by atoms with van der Waals surface area (Å²) in [5.74, 6) is -0.153. The monoisotopic (exact) mass is 373 g/mol. The molecule has 0 aliphatic heterocycles. The summed E-state index contributed by atoms with van der Waals surface area (Å²) in [5, 5.41) is 11.9. The van der Waals surface area contributed by atoms with Crippen LogP contribution in [0.25, 0.3) is 0 Å². The van der Waals surface area contributed by atoms with Crippen LogP contribution in [0.3, 0.4) is 0 Å². The molecule has 0 radical (unpaired) electrons. The highest BCUT2D eigenvalue weighted by Gasteiger charge is 2.30. The molecule has 0 saturated carbocycles. The molecule has 114 valence electrons. The van der Waals surface area contributed by atoms with E-state index in [9.17, 15) is 4.79 Å². The zero-order chi connectivity index (χ0) is 15.6. The second-order valence-corrected chi connectivity index (χ2v) is 6.45. The van der Waals surface area contributed by atoms with Gasteiger partial charge in [-0.25, -0.2) is 0 Å². The van der Waals surface area contributed by atoms with Crippen LogP contribution in [0.2, 0.25) is 5.02 Å². The highest BCUT2D eigenvalue weighted by Crippen LogP contribution is 2.19. The number of rotatable bonds is 5. The molecule has 0 bridgehead atoms. The van der Waals surface area contributed by atoms with Crippen molar-refractivity contribution in [2.45, 2.75) is 39.4 Å². The molecule has 2 rings (SSSR count). The van der Waals surface area contributed by atoms with Gasteiger partial charge in [0.2, 0.25) is 5.91 Å². The number of hydrogen-bond donors (Lipinski definition) is 1. The maximum atomic E-state index is 12.4. The lowest BCUT2D eigenvalue weighted by Crippen LogP contribution is -2.44. The van der Waals surface area contributed by atoms with E-state index in [0.29, 0.717) is 10.7 Å². The molecule has 0 aliphatic carbocycles. The van der Waals surface area contributed by atoms with E-state index in [4.69, 9.17) is 11.6 Å². The van der Waals surface area contributed by atoms with Crippen LogP contribution in [0.1, 0.15) is 26.5 Å². The molecule has 0 aliphatic rings. The highest BCUT2D eigenvalue weighted by molar-refractivity contribution is 9.10. The van der Waals surface area contributed by atoms with Crippen molar-refractivity contribution in [2.24, 2.45) is 0 Å². The van der Waals surface area contributed by atoms with Crippen LogP contribution >= 0.6 is 27.5 Å². The van der Waals surface area contributed by atoms with E-state index in [-0.39, 0.29) is 12.5 Å². The number of carbonyl (C=O) groups excluding carboxylic acids is 1. The van der Waals surface area contributed by atoms with Gasteiger partial charge in [0.05, 0.1) is 22.2 Å². The van der Waals surface area contributed by atoms with Gasteiger partial charge in [-0.1, -0.05) is 11.6 Å². The van der Waals surface area contributed by atoms with Crippen LogP contribution in [0.5, 0.6) is 0 Å². The van der Waals surface area contributed by atoms with E-state index in [0.717, 1.165) is 11.0 Å². The van der Waals surface area contributed by atoms with Crippen molar-refractivity contribution in [3.8, 4) is 0 Å². The fourth-order valence-corrected chi connectivity index (χ4v) is 2.31. The Kier molecular flexibility index (Phi) is 4.73. The normalized spacial score (nSPS) is 11.7. The summed E-state index contributed by atoms with van der Waals surface area (Å²) < 4.78 is 4.17. The molecule has 0 aromatic carbocycles. The first-order valence-electron chi connectivity index (χ1n) is 6.55. The predicted molar refractivity (Wildman–Crippen MR) is 84.0 cm³/mol. The molecule has 2 aromatic rings. The summed E-state index contributed by atoms with van der Waals surface area (Å²) in [4.78, 5) is 12.4. The number of nitrogens with one attached hydrogen (secondary N) is 1. The fourth-order valence-electron chi connectivity index (χ4n) is 1.81. The molecule has 0 spiro atoms. The van der Waals surface area contributed by atoms with Gasteiger partial charge in [0.15, 0.2) is 0 Å². The van der Waals surface area contributed by atoms with E-state index < -0.39 is 5.54 Å². The summed E-state index contributed by atoms with van der Waals surface area (Å²) in [5.41, 5.74) is -0.143. The van der Waals surface area contributed by atoms with Gasteiger partial charge in [0, 0.05) is 18.9 Å². The number of aromatic nitrogens is 4. The minimum atomic E-state index is -0.800. The zero-order valence-corrected chi connectivity index (χ0v) is 14.4. The Morgan fingerprint density at radius 2 is 2.19 bits per heavy atom. The van der Waals surface area contributed by atoms with Gasteiger partial charge in [-0.15, -0.1) is 0 Å². The van der Waals surface area contributed by atoms with Crippen molar-refractivity contribution in [2.75, 3.05) is 0 Å². The molecule has 2 aromatic heterocycles. The molecular weight excluding hydrogens is 358 g/mol. The van der Waals surface area contributed by atoms with Crippen molar-refractivity contribution in [3.63, 3.8) is 0 Å². The molecule has 0 saturated heterocycles. The Morgan fingerprint density at radius 3 is 2.71 bits per heavy atom. The SMILES string of the molecule is CCn1cc(Cl)c(CNC(=O)C(C)(C)n2cc(Br)cn2)n1. The first-order chi connectivity index (χ1) is 9.84. The average Bonchev–Trinajstić information content (AvgIpc) is 3.02. The number of amides is 1. The lowest BCUT2D eigenvalue weighted by atomic mass is 10.1. The summed E-state index contributed by atoms with van der Waals surface area (Å²) in [6.07, 6.45) is 5.16. The smallest absolute Gasteiger partial charge is 0.247 e. The van der Waals surface area contributed by atoms with Gasteiger partial charge in [-0.2, -0.15) is 10.2 Å². The number of halogens is 2. The first-order valence-corrected chi connectivity index (χ1v) is 7.72. The minimum Gasteiger partial charge on any atom is -0.348 e. The van der Waals surface area contributed by atoms with Gasteiger partial charge < -0.3 is 5.32 Å². The van der Waals surface area contributed by atoms with Gasteiger partial charge in [0.25, 0.3) is 0 Å². The number of nitrogens with zero attached hydrogens (tertiary/aromatic N) is 4. The van der Waals surface area contributed by atoms with Crippen LogP contribution < -0.4 is 5.32 Å². The third kappa shape index (κ3) is 3.47. The van der Waals surface area contributed by atoms with Crippen molar-refractivity contribution < 1.29 is 4.79 Å². The summed E-state index contributed by atoms with van der Waals surface area (Å²) >= 11 is 9.41. The predicted octanol–water partition coefficient (Wildman–Crippen LogP) is 2.57. The minimum absolute atomic E-state index is 0.153. The van der Waals surface area contributed by atoms with Gasteiger partial charge in [-0.3, -0.25) is 14.2 Å². The largest absolute Gasteiger partial charge is 0.348 e. The van der Waals surface area contributed by atoms with Gasteiger partial charge >= 0.3 is 0 Å². The van der Waals surface area contributed by atoms with E-state index >= 15 is 0 Å². The van der Waals surface area contributed by atoms with Crippen molar-refractivity contribution >= 4 is 33.4 Å². The Morgan fingerprint density at radius 1 is 1.48 bits per heavy atom. The van der Waals surface area contributed by atoms with Crippen molar-refractivity contribution in [1.82, 2.24) is 24.9 Å². The van der Waals surface area contributed by atoms with Crippen LogP contribution in [-0.2, 0) is 23.4 Å². The Bertz CT molecular complexity index is 649. The number of hydrogen-bond acceptors (Lipinski definition) is 3. The molecule has 0 unspecified atom stereocenters. The molecule has 0 atom stereocenters. The third-order valence-electron chi connectivity index (χ3n) is 3.21. The van der Waals surface area contributed by atoms with Crippen LogP contribution in [0.15, 0.2) is 23.1 Å². The van der Waals surface area contributed by atoms with Crippen LogP contribution in [0, 0.1) is 0 Å². The quantitative estimate of drug-likeness (QED) is 0.875. The summed E-state index contributed by atoms with van der Waals surface area (Å²) in [7, 11) is 0. The van der Waals surface area contributed by atoms with Gasteiger partial charge in [0.1, 0.15) is 11.2 Å². The number of aryl methyl sites for hydroxylation is 1.